The van der Waals surface area contributed by atoms with Crippen molar-refractivity contribution in [2.75, 3.05) is 0 Å². The van der Waals surface area contributed by atoms with Crippen LogP contribution in [0.5, 0.6) is 0 Å². The summed E-state index contributed by atoms with van der Waals surface area (Å²) in [6.45, 7) is 0. The number of benzene rings is 6. The third-order valence-corrected chi connectivity index (χ3v) is 8.72. The van der Waals surface area contributed by atoms with E-state index in [1.807, 2.05) is 91.0 Å². The molecule has 0 radical (unpaired) electrons. The smallest absolute Gasteiger partial charge is 0.238 e. The number of rotatable bonds is 4. The number of hydrogen-bond acceptors (Lipinski definition) is 6. The Labute approximate surface area is 267 Å². The first kappa shape index (κ1) is 25.7. The van der Waals surface area contributed by atoms with E-state index in [9.17, 15) is 0 Å². The molecule has 0 aliphatic rings. The molecule has 0 aliphatic carbocycles. The SMILES string of the molecule is c1ccc(-c2nc3cccc(-c4nc(-c5ccc6oc7ccccc7c6c5)nc(-n5c6ccccc6c6ccccc65)n4)c3o2)cc1. The molecule has 0 saturated carbocycles. The van der Waals surface area contributed by atoms with Crippen molar-refractivity contribution in [2.45, 2.75) is 0 Å². The molecule has 0 unspecified atom stereocenters. The Morgan fingerprint density at radius 1 is 0.447 bits per heavy atom. The lowest BCUT2D eigenvalue weighted by atomic mass is 10.1. The molecule has 10 aromatic rings. The zero-order chi connectivity index (χ0) is 30.9. The van der Waals surface area contributed by atoms with Crippen LogP contribution < -0.4 is 0 Å². The van der Waals surface area contributed by atoms with Gasteiger partial charge in [0.2, 0.25) is 11.8 Å². The molecule has 7 heteroatoms. The van der Waals surface area contributed by atoms with Crippen molar-refractivity contribution >= 4 is 54.8 Å². The van der Waals surface area contributed by atoms with E-state index < -0.39 is 0 Å². The highest BCUT2D eigenvalue weighted by atomic mass is 16.3. The molecule has 0 saturated heterocycles. The normalized spacial score (nSPS) is 11.8. The second-order valence-corrected chi connectivity index (χ2v) is 11.5. The van der Waals surface area contributed by atoms with Gasteiger partial charge in [-0.05, 0) is 60.7 Å². The minimum atomic E-state index is 0.491. The third-order valence-electron chi connectivity index (χ3n) is 8.72. The van der Waals surface area contributed by atoms with Gasteiger partial charge in [-0.25, -0.2) is 9.97 Å². The van der Waals surface area contributed by atoms with Crippen LogP contribution in [0.15, 0.2) is 148 Å². The molecule has 0 fully saturated rings. The number of aromatic nitrogens is 5. The predicted octanol–water partition coefficient (Wildman–Crippen LogP) is 10.0. The lowest BCUT2D eigenvalue weighted by Gasteiger charge is -2.11. The van der Waals surface area contributed by atoms with Gasteiger partial charge in [-0.1, -0.05) is 78.9 Å². The molecule has 0 atom stereocenters. The summed E-state index contributed by atoms with van der Waals surface area (Å²) >= 11 is 0. The van der Waals surface area contributed by atoms with Gasteiger partial charge in [-0.2, -0.15) is 9.97 Å². The van der Waals surface area contributed by atoms with Crippen molar-refractivity contribution in [1.29, 1.82) is 0 Å². The lowest BCUT2D eigenvalue weighted by molar-refractivity contribution is 0.620. The van der Waals surface area contributed by atoms with Crippen LogP contribution in [0.1, 0.15) is 0 Å². The molecule has 0 bridgehead atoms. The molecule has 0 N–H and O–H groups in total. The van der Waals surface area contributed by atoms with Gasteiger partial charge in [0.25, 0.3) is 0 Å². The van der Waals surface area contributed by atoms with Gasteiger partial charge >= 0.3 is 0 Å². The minimum Gasteiger partial charge on any atom is -0.456 e. The van der Waals surface area contributed by atoms with E-state index >= 15 is 0 Å². The van der Waals surface area contributed by atoms with Crippen LogP contribution in [-0.4, -0.2) is 24.5 Å². The standard InChI is InChI=1S/C40H23N5O2/c1-2-11-24(12-3-1)39-41-31-17-10-16-29(36(31)47-39)38-42-37(25-21-22-35-30(23-25)28-15-6-9-20-34(28)46-35)43-40(44-38)45-32-18-7-4-13-26(32)27-14-5-8-19-33(27)45/h1-23H. The molecule has 220 valence electrons. The largest absolute Gasteiger partial charge is 0.456 e. The van der Waals surface area contributed by atoms with Gasteiger partial charge in [0.15, 0.2) is 17.2 Å². The molecule has 4 aromatic heterocycles. The summed E-state index contributed by atoms with van der Waals surface area (Å²) in [5.41, 5.74) is 7.51. The Kier molecular flexibility index (Phi) is 5.44. The Morgan fingerprint density at radius 3 is 1.94 bits per heavy atom. The van der Waals surface area contributed by atoms with Crippen LogP contribution in [0.2, 0.25) is 0 Å². The van der Waals surface area contributed by atoms with Gasteiger partial charge < -0.3 is 8.83 Å². The summed E-state index contributed by atoms with van der Waals surface area (Å²) in [6.07, 6.45) is 0. The van der Waals surface area contributed by atoms with Crippen molar-refractivity contribution in [3.8, 4) is 40.2 Å². The van der Waals surface area contributed by atoms with Crippen LogP contribution >= 0.6 is 0 Å². The molecule has 0 spiro atoms. The van der Waals surface area contributed by atoms with E-state index in [2.05, 4.69) is 53.1 Å². The maximum atomic E-state index is 6.42. The third kappa shape index (κ3) is 4.00. The maximum absolute atomic E-state index is 6.42. The topological polar surface area (TPSA) is 82.8 Å². The van der Waals surface area contributed by atoms with Crippen LogP contribution in [0.25, 0.3) is 95.0 Å². The number of nitrogens with zero attached hydrogens (tertiary/aromatic N) is 5. The van der Waals surface area contributed by atoms with E-state index in [0.717, 1.165) is 66.0 Å². The van der Waals surface area contributed by atoms with Crippen molar-refractivity contribution in [3.05, 3.63) is 140 Å². The molecular weight excluding hydrogens is 582 g/mol. The zero-order valence-corrected chi connectivity index (χ0v) is 24.8. The fourth-order valence-electron chi connectivity index (χ4n) is 6.55. The van der Waals surface area contributed by atoms with E-state index in [4.69, 9.17) is 28.8 Å². The summed E-state index contributed by atoms with van der Waals surface area (Å²) in [6, 6.07) is 46.6. The average molecular weight is 606 g/mol. The minimum absolute atomic E-state index is 0.491. The highest BCUT2D eigenvalue weighted by Gasteiger charge is 2.21. The second-order valence-electron chi connectivity index (χ2n) is 11.5. The summed E-state index contributed by atoms with van der Waals surface area (Å²) < 4.78 is 14.7. The molecular formula is C40H23N5O2. The van der Waals surface area contributed by atoms with Crippen LogP contribution in [-0.2, 0) is 0 Å². The summed E-state index contributed by atoms with van der Waals surface area (Å²) in [5, 5.41) is 4.30. The maximum Gasteiger partial charge on any atom is 0.238 e. The van der Waals surface area contributed by atoms with Crippen molar-refractivity contribution in [1.82, 2.24) is 24.5 Å². The predicted molar refractivity (Wildman–Crippen MR) is 185 cm³/mol. The fourth-order valence-corrected chi connectivity index (χ4v) is 6.55. The van der Waals surface area contributed by atoms with Crippen LogP contribution in [0.3, 0.4) is 0 Å². The Hall–Kier alpha value is -6.60. The summed E-state index contributed by atoms with van der Waals surface area (Å²) in [7, 11) is 0. The molecule has 6 aromatic carbocycles. The van der Waals surface area contributed by atoms with E-state index in [1.165, 1.54) is 0 Å². The molecule has 4 heterocycles. The van der Waals surface area contributed by atoms with Crippen molar-refractivity contribution < 1.29 is 8.83 Å². The number of hydrogen-bond donors (Lipinski definition) is 0. The number of fused-ring (bicyclic) bond motifs is 7. The Bertz CT molecular complexity index is 2760. The van der Waals surface area contributed by atoms with Crippen LogP contribution in [0.4, 0.5) is 0 Å². The van der Waals surface area contributed by atoms with E-state index in [0.29, 0.717) is 29.1 Å². The van der Waals surface area contributed by atoms with Crippen LogP contribution in [0, 0.1) is 0 Å². The first-order chi connectivity index (χ1) is 23.3. The van der Waals surface area contributed by atoms with Gasteiger partial charge in [0.1, 0.15) is 16.7 Å². The molecule has 0 aliphatic heterocycles. The van der Waals surface area contributed by atoms with Gasteiger partial charge in [0, 0.05) is 32.7 Å². The first-order valence-corrected chi connectivity index (χ1v) is 15.4. The monoisotopic (exact) mass is 605 g/mol. The molecule has 47 heavy (non-hydrogen) atoms. The summed E-state index contributed by atoms with van der Waals surface area (Å²) in [4.78, 5) is 20.2. The fraction of sp³-hybridized carbons (Fsp3) is 0. The molecule has 0 amide bonds. The number of para-hydroxylation sites is 4. The molecule has 7 nitrogen and oxygen atoms in total. The van der Waals surface area contributed by atoms with Gasteiger partial charge in [0.05, 0.1) is 16.6 Å². The van der Waals surface area contributed by atoms with Crippen molar-refractivity contribution in [2.24, 2.45) is 0 Å². The highest BCUT2D eigenvalue weighted by Crippen LogP contribution is 2.36. The summed E-state index contributed by atoms with van der Waals surface area (Å²) in [5.74, 6) is 2.09. The lowest BCUT2D eigenvalue weighted by Crippen LogP contribution is -2.06. The average Bonchev–Trinajstić information content (AvgIpc) is 3.83. The van der Waals surface area contributed by atoms with Crippen molar-refractivity contribution in [3.63, 3.8) is 0 Å². The van der Waals surface area contributed by atoms with E-state index in [-0.39, 0.29) is 0 Å². The van der Waals surface area contributed by atoms with Gasteiger partial charge in [-0.3, -0.25) is 4.57 Å². The quantitative estimate of drug-likeness (QED) is 0.199. The number of furan rings is 1. The Balaban J connectivity index is 1.26. The zero-order valence-electron chi connectivity index (χ0n) is 24.8. The van der Waals surface area contributed by atoms with Gasteiger partial charge in [-0.15, -0.1) is 0 Å². The first-order valence-electron chi connectivity index (χ1n) is 15.4. The number of oxazole rings is 1. The van der Waals surface area contributed by atoms with E-state index in [1.54, 1.807) is 0 Å². The second kappa shape index (κ2) is 9.95. The Morgan fingerprint density at radius 2 is 1.13 bits per heavy atom. The highest BCUT2D eigenvalue weighted by molar-refractivity contribution is 6.09. The molecule has 10 rings (SSSR count).